The molecule has 20 heavy (non-hydrogen) atoms. The van der Waals surface area contributed by atoms with E-state index in [9.17, 15) is 0 Å². The molecule has 0 amide bonds. The average molecular weight is 266 g/mol. The minimum atomic E-state index is 0.475. The van der Waals surface area contributed by atoms with Crippen molar-refractivity contribution in [3.05, 3.63) is 59.9 Å². The SMILES string of the molecule is COc1ccc(CN=C(NC#N)c2cccnc2)cc1. The summed E-state index contributed by atoms with van der Waals surface area (Å²) in [5.41, 5.74) is 1.81. The maximum Gasteiger partial charge on any atom is 0.182 e. The Labute approximate surface area is 117 Å². The van der Waals surface area contributed by atoms with Gasteiger partial charge in [-0.3, -0.25) is 15.3 Å². The summed E-state index contributed by atoms with van der Waals surface area (Å²) >= 11 is 0. The summed E-state index contributed by atoms with van der Waals surface area (Å²) in [4.78, 5) is 8.43. The van der Waals surface area contributed by atoms with Gasteiger partial charge in [-0.05, 0) is 29.8 Å². The van der Waals surface area contributed by atoms with Gasteiger partial charge in [-0.2, -0.15) is 5.26 Å². The van der Waals surface area contributed by atoms with E-state index in [-0.39, 0.29) is 0 Å². The largest absolute Gasteiger partial charge is 0.497 e. The number of pyridine rings is 1. The van der Waals surface area contributed by atoms with Gasteiger partial charge in [-0.15, -0.1) is 0 Å². The van der Waals surface area contributed by atoms with E-state index in [0.717, 1.165) is 16.9 Å². The normalized spacial score (nSPS) is 10.7. The first-order valence-electron chi connectivity index (χ1n) is 6.06. The van der Waals surface area contributed by atoms with E-state index < -0.39 is 0 Å². The number of ether oxygens (including phenoxy) is 1. The van der Waals surface area contributed by atoms with Gasteiger partial charge in [-0.1, -0.05) is 12.1 Å². The van der Waals surface area contributed by atoms with E-state index >= 15 is 0 Å². The van der Waals surface area contributed by atoms with E-state index in [0.29, 0.717) is 12.4 Å². The lowest BCUT2D eigenvalue weighted by atomic mass is 10.2. The van der Waals surface area contributed by atoms with Crippen LogP contribution in [0.4, 0.5) is 0 Å². The predicted octanol–water partition coefficient (Wildman–Crippen LogP) is 2.11. The maximum atomic E-state index is 8.78. The second-order valence-corrected chi connectivity index (χ2v) is 3.99. The molecule has 1 N–H and O–H groups in total. The number of nitrogens with zero attached hydrogens (tertiary/aromatic N) is 3. The van der Waals surface area contributed by atoms with Crippen LogP contribution < -0.4 is 10.1 Å². The summed E-state index contributed by atoms with van der Waals surface area (Å²) in [5, 5.41) is 11.4. The molecule has 1 heterocycles. The van der Waals surface area contributed by atoms with Gasteiger partial charge in [0.1, 0.15) is 11.6 Å². The molecule has 0 saturated carbocycles. The molecular formula is C15H14N4O. The van der Waals surface area contributed by atoms with Gasteiger partial charge in [0.05, 0.1) is 13.7 Å². The summed E-state index contributed by atoms with van der Waals surface area (Å²) in [6, 6.07) is 11.3. The number of aromatic nitrogens is 1. The van der Waals surface area contributed by atoms with Crippen LogP contribution in [0, 0.1) is 11.5 Å². The van der Waals surface area contributed by atoms with Crippen LogP contribution in [0.15, 0.2) is 53.8 Å². The maximum absolute atomic E-state index is 8.78. The molecule has 0 fully saturated rings. The molecule has 100 valence electrons. The smallest absolute Gasteiger partial charge is 0.182 e. The topological polar surface area (TPSA) is 70.3 Å². The third-order valence-corrected chi connectivity index (χ3v) is 2.69. The molecule has 0 aliphatic heterocycles. The fourth-order valence-corrected chi connectivity index (χ4v) is 1.66. The zero-order valence-electron chi connectivity index (χ0n) is 11.1. The van der Waals surface area contributed by atoms with Gasteiger partial charge in [0.25, 0.3) is 0 Å². The Balaban J connectivity index is 2.15. The lowest BCUT2D eigenvalue weighted by Gasteiger charge is -2.04. The van der Waals surface area contributed by atoms with Crippen LogP contribution in [0.5, 0.6) is 5.75 Å². The second kappa shape index (κ2) is 6.90. The lowest BCUT2D eigenvalue weighted by molar-refractivity contribution is 0.414. The minimum absolute atomic E-state index is 0.475. The predicted molar refractivity (Wildman–Crippen MR) is 76.2 cm³/mol. The number of nitriles is 1. The number of methoxy groups -OCH3 is 1. The van der Waals surface area contributed by atoms with Crippen molar-refractivity contribution in [1.29, 1.82) is 5.26 Å². The molecule has 0 aliphatic carbocycles. The van der Waals surface area contributed by atoms with Crippen LogP contribution >= 0.6 is 0 Å². The lowest BCUT2D eigenvalue weighted by Crippen LogP contribution is -2.19. The summed E-state index contributed by atoms with van der Waals surface area (Å²) in [7, 11) is 1.63. The monoisotopic (exact) mass is 266 g/mol. The van der Waals surface area contributed by atoms with Crippen molar-refractivity contribution in [2.24, 2.45) is 4.99 Å². The molecule has 1 aromatic heterocycles. The molecule has 0 unspecified atom stereocenters. The van der Waals surface area contributed by atoms with Crippen LogP contribution in [-0.2, 0) is 6.54 Å². The molecule has 5 heteroatoms. The number of benzene rings is 1. The molecule has 0 bridgehead atoms. The highest BCUT2D eigenvalue weighted by molar-refractivity contribution is 5.99. The number of amidine groups is 1. The van der Waals surface area contributed by atoms with Gasteiger partial charge >= 0.3 is 0 Å². The van der Waals surface area contributed by atoms with E-state index in [4.69, 9.17) is 10.00 Å². The highest BCUT2D eigenvalue weighted by atomic mass is 16.5. The highest BCUT2D eigenvalue weighted by Crippen LogP contribution is 2.12. The Morgan fingerprint density at radius 2 is 2.15 bits per heavy atom. The third-order valence-electron chi connectivity index (χ3n) is 2.69. The standard InChI is InChI=1S/C15H14N4O/c1-20-14-6-4-12(5-7-14)9-18-15(19-11-16)13-3-2-8-17-10-13/h2-8,10H,9H2,1H3,(H,18,19). The molecule has 0 spiro atoms. The van der Waals surface area contributed by atoms with Crippen molar-refractivity contribution >= 4 is 5.84 Å². The van der Waals surface area contributed by atoms with Crippen molar-refractivity contribution in [3.63, 3.8) is 0 Å². The van der Waals surface area contributed by atoms with E-state index in [1.807, 2.05) is 36.5 Å². The first kappa shape index (κ1) is 13.6. The van der Waals surface area contributed by atoms with Crippen molar-refractivity contribution < 1.29 is 4.74 Å². The molecule has 0 saturated heterocycles. The first-order chi connectivity index (χ1) is 9.83. The van der Waals surface area contributed by atoms with E-state index in [1.54, 1.807) is 25.6 Å². The summed E-state index contributed by atoms with van der Waals surface area (Å²) < 4.78 is 5.10. The average Bonchev–Trinajstić information content (AvgIpc) is 2.53. The quantitative estimate of drug-likeness (QED) is 0.398. The van der Waals surface area contributed by atoms with Gasteiger partial charge in [0.15, 0.2) is 6.19 Å². The van der Waals surface area contributed by atoms with Crippen molar-refractivity contribution in [2.75, 3.05) is 7.11 Å². The van der Waals surface area contributed by atoms with Crippen molar-refractivity contribution in [3.8, 4) is 11.9 Å². The van der Waals surface area contributed by atoms with Crippen LogP contribution in [0.1, 0.15) is 11.1 Å². The van der Waals surface area contributed by atoms with E-state index in [1.165, 1.54) is 0 Å². The zero-order valence-corrected chi connectivity index (χ0v) is 11.1. The fourth-order valence-electron chi connectivity index (χ4n) is 1.66. The van der Waals surface area contributed by atoms with Gasteiger partial charge in [0, 0.05) is 18.0 Å². The fraction of sp³-hybridized carbons (Fsp3) is 0.133. The molecule has 2 rings (SSSR count). The zero-order chi connectivity index (χ0) is 14.2. The van der Waals surface area contributed by atoms with Crippen LogP contribution in [0.2, 0.25) is 0 Å². The Kier molecular flexibility index (Phi) is 4.68. The second-order valence-electron chi connectivity index (χ2n) is 3.99. The summed E-state index contributed by atoms with van der Waals surface area (Å²) in [5.74, 6) is 1.32. The molecule has 0 atom stereocenters. The van der Waals surface area contributed by atoms with Crippen LogP contribution in [0.3, 0.4) is 0 Å². The van der Waals surface area contributed by atoms with E-state index in [2.05, 4.69) is 15.3 Å². The molecule has 0 radical (unpaired) electrons. The Morgan fingerprint density at radius 1 is 1.35 bits per heavy atom. The molecule has 1 aromatic carbocycles. The first-order valence-corrected chi connectivity index (χ1v) is 6.06. The Bertz CT molecular complexity index is 615. The molecular weight excluding hydrogens is 252 g/mol. The number of aliphatic imine (C=N–C) groups is 1. The van der Waals surface area contributed by atoms with Crippen molar-refractivity contribution in [2.45, 2.75) is 6.54 Å². The molecule has 2 aromatic rings. The molecule has 5 nitrogen and oxygen atoms in total. The Hall–Kier alpha value is -2.87. The molecule has 0 aliphatic rings. The van der Waals surface area contributed by atoms with Crippen LogP contribution in [-0.4, -0.2) is 17.9 Å². The minimum Gasteiger partial charge on any atom is -0.497 e. The van der Waals surface area contributed by atoms with Gasteiger partial charge < -0.3 is 4.74 Å². The number of nitrogens with one attached hydrogen (secondary N) is 1. The number of hydrogen-bond acceptors (Lipinski definition) is 4. The highest BCUT2D eigenvalue weighted by Gasteiger charge is 2.02. The third kappa shape index (κ3) is 3.56. The summed E-state index contributed by atoms with van der Waals surface area (Å²) in [6.45, 7) is 0.475. The van der Waals surface area contributed by atoms with Gasteiger partial charge in [0.2, 0.25) is 0 Å². The summed E-state index contributed by atoms with van der Waals surface area (Å²) in [6.07, 6.45) is 5.23. The number of rotatable bonds is 4. The van der Waals surface area contributed by atoms with Crippen LogP contribution in [0.25, 0.3) is 0 Å². The number of hydrogen-bond donors (Lipinski definition) is 1. The Morgan fingerprint density at radius 3 is 2.75 bits per heavy atom. The van der Waals surface area contributed by atoms with Crippen molar-refractivity contribution in [1.82, 2.24) is 10.3 Å². The van der Waals surface area contributed by atoms with Gasteiger partial charge in [-0.25, -0.2) is 0 Å².